The molecule has 27 heavy (non-hydrogen) atoms. The van der Waals surface area contributed by atoms with Crippen molar-refractivity contribution in [2.75, 3.05) is 0 Å². The topological polar surface area (TPSA) is 26.3 Å². The van der Waals surface area contributed by atoms with Crippen LogP contribution < -0.4 is 0 Å². The summed E-state index contributed by atoms with van der Waals surface area (Å²) in [7, 11) is -1.70. The number of hydrogen-bond donors (Lipinski definition) is 0. The van der Waals surface area contributed by atoms with Gasteiger partial charge in [0.05, 0.1) is 6.10 Å². The predicted octanol–water partition coefficient (Wildman–Crippen LogP) is 7.27. The van der Waals surface area contributed by atoms with Gasteiger partial charge in [-0.2, -0.15) is 0 Å². The van der Waals surface area contributed by atoms with Crippen molar-refractivity contribution in [2.24, 2.45) is 5.92 Å². The summed E-state index contributed by atoms with van der Waals surface area (Å²) in [5.41, 5.74) is 1.08. The lowest BCUT2D eigenvalue weighted by Crippen LogP contribution is -2.39. The second-order valence-corrected chi connectivity index (χ2v) is 13.0. The highest BCUT2D eigenvalue weighted by molar-refractivity contribution is 6.69. The van der Waals surface area contributed by atoms with Crippen molar-refractivity contribution in [3.63, 3.8) is 0 Å². The highest BCUT2D eigenvalue weighted by atomic mass is 28.4. The van der Waals surface area contributed by atoms with Crippen LogP contribution in [0.2, 0.25) is 19.6 Å². The molecule has 0 aliphatic heterocycles. The minimum atomic E-state index is -1.70. The van der Waals surface area contributed by atoms with Crippen molar-refractivity contribution in [3.8, 4) is 0 Å². The van der Waals surface area contributed by atoms with E-state index in [0.29, 0.717) is 0 Å². The van der Waals surface area contributed by atoms with E-state index in [9.17, 15) is 4.79 Å². The van der Waals surface area contributed by atoms with Crippen LogP contribution in [0.3, 0.4) is 0 Å². The lowest BCUT2D eigenvalue weighted by atomic mass is 9.88. The summed E-state index contributed by atoms with van der Waals surface area (Å²) in [4.78, 5) is 13.1. The Morgan fingerprint density at radius 2 is 1.56 bits per heavy atom. The van der Waals surface area contributed by atoms with Gasteiger partial charge in [0.1, 0.15) is 0 Å². The third-order valence-corrected chi connectivity index (χ3v) is 5.78. The van der Waals surface area contributed by atoms with Crippen LogP contribution in [0.1, 0.15) is 70.8 Å². The Balaban J connectivity index is 2.93. The molecule has 0 bridgehead atoms. The van der Waals surface area contributed by atoms with Gasteiger partial charge in [0.2, 0.25) is 0 Å². The van der Waals surface area contributed by atoms with Crippen LogP contribution >= 0.6 is 0 Å². The molecular weight excluding hydrogens is 348 g/mol. The minimum Gasteiger partial charge on any atom is -0.414 e. The predicted molar refractivity (Wildman–Crippen MR) is 120 cm³/mol. The number of unbranched alkanes of at least 4 members (excludes halogenated alkanes) is 4. The van der Waals surface area contributed by atoms with Gasteiger partial charge in [-0.05, 0) is 44.1 Å². The molecule has 0 spiro atoms. The first-order valence-corrected chi connectivity index (χ1v) is 14.2. The summed E-state index contributed by atoms with van der Waals surface area (Å²) < 4.78 is 6.53. The van der Waals surface area contributed by atoms with Crippen LogP contribution in [0.5, 0.6) is 0 Å². The Morgan fingerprint density at radius 3 is 2.11 bits per heavy atom. The highest BCUT2D eigenvalue weighted by Gasteiger charge is 2.31. The zero-order valence-electron chi connectivity index (χ0n) is 18.2. The van der Waals surface area contributed by atoms with E-state index >= 15 is 0 Å². The molecule has 2 unspecified atom stereocenters. The summed E-state index contributed by atoms with van der Waals surface area (Å²) in [6.45, 7) is 11.1. The van der Waals surface area contributed by atoms with E-state index in [2.05, 4.69) is 33.5 Å². The number of carbonyl (C=O) groups is 1. The molecule has 2 nitrogen and oxygen atoms in total. The molecule has 0 aliphatic rings. The number of benzene rings is 1. The Bertz CT molecular complexity index is 545. The maximum Gasteiger partial charge on any atom is 0.184 e. The summed E-state index contributed by atoms with van der Waals surface area (Å²) in [6, 6.07) is 10.1. The first kappa shape index (κ1) is 23.8. The smallest absolute Gasteiger partial charge is 0.184 e. The first-order valence-electron chi connectivity index (χ1n) is 10.8. The van der Waals surface area contributed by atoms with Crippen molar-refractivity contribution in [3.05, 3.63) is 42.0 Å². The molecule has 3 heteroatoms. The number of ketones is 1. The molecule has 1 aromatic carbocycles. The molecule has 2 atom stereocenters. The van der Waals surface area contributed by atoms with Crippen molar-refractivity contribution in [1.29, 1.82) is 0 Å². The SMILES string of the molecule is CCCCCC(O[Si](C)(C)C)C(CCCCC)C(=O)/C=C/c1ccccc1. The molecule has 0 amide bonds. The maximum absolute atomic E-state index is 13.1. The summed E-state index contributed by atoms with van der Waals surface area (Å²) >= 11 is 0. The van der Waals surface area contributed by atoms with Crippen LogP contribution in [0, 0.1) is 5.92 Å². The second-order valence-electron chi connectivity index (χ2n) is 8.51. The van der Waals surface area contributed by atoms with E-state index in [1.807, 2.05) is 36.4 Å². The van der Waals surface area contributed by atoms with Gasteiger partial charge >= 0.3 is 0 Å². The fourth-order valence-electron chi connectivity index (χ4n) is 3.38. The molecule has 0 fully saturated rings. The molecule has 0 radical (unpaired) electrons. The molecule has 0 saturated carbocycles. The fraction of sp³-hybridized carbons (Fsp3) is 0.625. The standard InChI is InChI=1S/C24H40O2Si/c1-6-8-11-17-22(23(25)20-19-21-15-13-10-14-16-21)24(18-12-9-7-2)26-27(3,4)5/h10,13-16,19-20,22,24H,6-9,11-12,17-18H2,1-5H3/b20-19+. The maximum atomic E-state index is 13.1. The van der Waals surface area contributed by atoms with Crippen molar-refractivity contribution in [1.82, 2.24) is 0 Å². The molecular formula is C24H40O2Si. The Morgan fingerprint density at radius 1 is 0.963 bits per heavy atom. The Kier molecular flexibility index (Phi) is 11.5. The lowest BCUT2D eigenvalue weighted by molar-refractivity contribution is -0.121. The van der Waals surface area contributed by atoms with Crippen molar-refractivity contribution >= 4 is 20.2 Å². The van der Waals surface area contributed by atoms with Gasteiger partial charge in [-0.1, -0.05) is 88.8 Å². The van der Waals surface area contributed by atoms with E-state index in [4.69, 9.17) is 4.43 Å². The molecule has 0 aromatic heterocycles. The average molecular weight is 389 g/mol. The third-order valence-electron chi connectivity index (χ3n) is 4.77. The zero-order valence-corrected chi connectivity index (χ0v) is 19.2. The van der Waals surface area contributed by atoms with E-state index in [1.54, 1.807) is 6.08 Å². The normalized spacial score (nSPS) is 14.4. The number of allylic oxidation sites excluding steroid dienone is 1. The number of rotatable bonds is 14. The summed E-state index contributed by atoms with van der Waals surface area (Å²) in [6.07, 6.45) is 12.7. The average Bonchev–Trinajstić information content (AvgIpc) is 2.63. The van der Waals surface area contributed by atoms with Crippen LogP contribution in [0.15, 0.2) is 36.4 Å². The quantitative estimate of drug-likeness (QED) is 0.190. The Hall–Kier alpha value is -1.19. The first-order chi connectivity index (χ1) is 12.9. The van der Waals surface area contributed by atoms with Crippen molar-refractivity contribution < 1.29 is 9.22 Å². The van der Waals surface area contributed by atoms with Gasteiger partial charge in [0, 0.05) is 5.92 Å². The Labute approximate surface area is 168 Å². The van der Waals surface area contributed by atoms with E-state index < -0.39 is 8.32 Å². The molecule has 0 saturated heterocycles. The fourth-order valence-corrected chi connectivity index (χ4v) is 4.57. The summed E-state index contributed by atoms with van der Waals surface area (Å²) in [5.74, 6) is 0.217. The van der Waals surface area contributed by atoms with E-state index in [1.165, 1.54) is 25.7 Å². The van der Waals surface area contributed by atoms with E-state index in [-0.39, 0.29) is 17.8 Å². The van der Waals surface area contributed by atoms with Crippen molar-refractivity contribution in [2.45, 2.75) is 91.0 Å². The third kappa shape index (κ3) is 10.7. The molecule has 0 aliphatic carbocycles. The zero-order chi connectivity index (χ0) is 20.1. The van der Waals surface area contributed by atoms with E-state index in [0.717, 1.165) is 31.2 Å². The largest absolute Gasteiger partial charge is 0.414 e. The molecule has 0 N–H and O–H groups in total. The van der Waals surface area contributed by atoms with Gasteiger partial charge in [0.15, 0.2) is 14.1 Å². The van der Waals surface area contributed by atoms with Crippen LogP contribution in [-0.4, -0.2) is 20.2 Å². The molecule has 152 valence electrons. The van der Waals surface area contributed by atoms with Gasteiger partial charge < -0.3 is 4.43 Å². The molecule has 0 heterocycles. The molecule has 1 rings (SSSR count). The van der Waals surface area contributed by atoms with Crippen LogP contribution in [-0.2, 0) is 9.22 Å². The van der Waals surface area contributed by atoms with Gasteiger partial charge in [0.25, 0.3) is 0 Å². The molecule has 1 aromatic rings. The van der Waals surface area contributed by atoms with Gasteiger partial charge in [-0.25, -0.2) is 0 Å². The minimum absolute atomic E-state index is 0.0138. The highest BCUT2D eigenvalue weighted by Crippen LogP contribution is 2.26. The number of hydrogen-bond acceptors (Lipinski definition) is 2. The van der Waals surface area contributed by atoms with Crippen LogP contribution in [0.25, 0.3) is 6.08 Å². The van der Waals surface area contributed by atoms with Gasteiger partial charge in [-0.3, -0.25) is 4.79 Å². The lowest BCUT2D eigenvalue weighted by Gasteiger charge is -2.32. The number of carbonyl (C=O) groups excluding carboxylic acids is 1. The van der Waals surface area contributed by atoms with Crippen LogP contribution in [0.4, 0.5) is 0 Å². The van der Waals surface area contributed by atoms with Gasteiger partial charge in [-0.15, -0.1) is 0 Å². The summed E-state index contributed by atoms with van der Waals surface area (Å²) in [5, 5.41) is 0. The monoisotopic (exact) mass is 388 g/mol. The second kappa shape index (κ2) is 13.1.